The first-order chi connectivity index (χ1) is 10.8. The molecule has 0 aliphatic carbocycles. The van der Waals surface area contributed by atoms with Crippen LogP contribution in [0.3, 0.4) is 0 Å². The topological polar surface area (TPSA) is 55.4 Å². The van der Waals surface area contributed by atoms with Gasteiger partial charge in [-0.15, -0.1) is 0 Å². The molecule has 0 spiro atoms. The highest BCUT2D eigenvalue weighted by Crippen LogP contribution is 2.29. The zero-order valence-corrected chi connectivity index (χ0v) is 14.7. The Balaban J connectivity index is 2.31. The Hall–Kier alpha value is -1.85. The summed E-state index contributed by atoms with van der Waals surface area (Å²) in [6.45, 7) is 5.85. The van der Waals surface area contributed by atoms with E-state index in [1.165, 1.54) is 0 Å². The maximum Gasteiger partial charge on any atom is 0.241 e. The molecule has 5 heteroatoms. The van der Waals surface area contributed by atoms with Crippen molar-refractivity contribution in [3.05, 3.63) is 59.7 Å². The third kappa shape index (κ3) is 4.12. The van der Waals surface area contributed by atoms with Gasteiger partial charge in [0.1, 0.15) is 5.75 Å². The molecule has 0 unspecified atom stereocenters. The molecule has 2 aromatic rings. The summed E-state index contributed by atoms with van der Waals surface area (Å²) in [5, 5.41) is 0. The lowest BCUT2D eigenvalue weighted by atomic mass is 10.0. The third-order valence-electron chi connectivity index (χ3n) is 3.76. The predicted octanol–water partition coefficient (Wildman–Crippen LogP) is 3.86. The highest BCUT2D eigenvalue weighted by Gasteiger charge is 2.20. The van der Waals surface area contributed by atoms with Crippen molar-refractivity contribution >= 4 is 10.0 Å². The van der Waals surface area contributed by atoms with E-state index in [1.54, 1.807) is 25.3 Å². The predicted molar refractivity (Wildman–Crippen MR) is 92.3 cm³/mol. The van der Waals surface area contributed by atoms with E-state index < -0.39 is 10.0 Å². The van der Waals surface area contributed by atoms with Crippen LogP contribution in [0.5, 0.6) is 5.75 Å². The van der Waals surface area contributed by atoms with Gasteiger partial charge in [0.05, 0.1) is 12.0 Å². The fourth-order valence-corrected chi connectivity index (χ4v) is 3.71. The van der Waals surface area contributed by atoms with Crippen LogP contribution in [0.15, 0.2) is 53.4 Å². The summed E-state index contributed by atoms with van der Waals surface area (Å²) in [5.74, 6) is 0.877. The molecule has 0 amide bonds. The fraction of sp³-hybridized carbons (Fsp3) is 0.333. The van der Waals surface area contributed by atoms with E-state index in [-0.39, 0.29) is 16.9 Å². The maximum absolute atomic E-state index is 12.6. The molecule has 2 aromatic carbocycles. The molecule has 0 radical (unpaired) electrons. The van der Waals surface area contributed by atoms with E-state index in [4.69, 9.17) is 4.74 Å². The van der Waals surface area contributed by atoms with E-state index in [9.17, 15) is 8.42 Å². The Kier molecular flexibility index (Phi) is 5.44. The van der Waals surface area contributed by atoms with E-state index in [0.29, 0.717) is 5.75 Å². The van der Waals surface area contributed by atoms with Gasteiger partial charge in [0.2, 0.25) is 10.0 Å². The Morgan fingerprint density at radius 3 is 2.22 bits per heavy atom. The molecule has 0 saturated carbocycles. The summed E-state index contributed by atoms with van der Waals surface area (Å²) in [4.78, 5) is 0.254. The number of methoxy groups -OCH3 is 1. The first-order valence-corrected chi connectivity index (χ1v) is 9.08. The first kappa shape index (κ1) is 17.5. The van der Waals surface area contributed by atoms with Crippen molar-refractivity contribution in [3.63, 3.8) is 0 Å². The number of benzene rings is 2. The van der Waals surface area contributed by atoms with Crippen LogP contribution < -0.4 is 9.46 Å². The van der Waals surface area contributed by atoms with E-state index >= 15 is 0 Å². The average molecular weight is 333 g/mol. The Morgan fingerprint density at radius 1 is 1.00 bits per heavy atom. The Morgan fingerprint density at radius 2 is 1.65 bits per heavy atom. The van der Waals surface area contributed by atoms with E-state index in [1.807, 2.05) is 51.1 Å². The molecule has 1 atom stereocenters. The van der Waals surface area contributed by atoms with Crippen LogP contribution in [0, 0.1) is 0 Å². The second kappa shape index (κ2) is 7.15. The number of sulfonamides is 1. The molecule has 0 fully saturated rings. The number of nitrogens with one attached hydrogen (secondary N) is 1. The summed E-state index contributed by atoms with van der Waals surface area (Å²) in [5.41, 5.74) is 1.80. The van der Waals surface area contributed by atoms with Crippen molar-refractivity contribution < 1.29 is 13.2 Å². The number of rotatable bonds is 6. The molecule has 0 bridgehead atoms. The lowest BCUT2D eigenvalue weighted by molar-refractivity contribution is 0.407. The summed E-state index contributed by atoms with van der Waals surface area (Å²) < 4.78 is 33.3. The molecule has 0 saturated heterocycles. The standard InChI is InChI=1S/C18H23NO3S/c1-13(2)17-12-16(10-11-18(17)22-4)23(20,21)19-14(3)15-8-6-5-7-9-15/h5-14,19H,1-4H3/t14-/m1/s1. The van der Waals surface area contributed by atoms with Gasteiger partial charge in [0.15, 0.2) is 0 Å². The van der Waals surface area contributed by atoms with Gasteiger partial charge in [0, 0.05) is 6.04 Å². The second-order valence-corrected chi connectivity index (χ2v) is 7.53. The van der Waals surface area contributed by atoms with Gasteiger partial charge < -0.3 is 4.74 Å². The number of hydrogen-bond donors (Lipinski definition) is 1. The molecule has 4 nitrogen and oxygen atoms in total. The minimum Gasteiger partial charge on any atom is -0.496 e. The average Bonchev–Trinajstić information content (AvgIpc) is 2.54. The highest BCUT2D eigenvalue weighted by molar-refractivity contribution is 7.89. The third-order valence-corrected chi connectivity index (χ3v) is 5.30. The van der Waals surface area contributed by atoms with Crippen LogP contribution in [0.1, 0.15) is 43.9 Å². The normalized spacial score (nSPS) is 13.1. The minimum atomic E-state index is -3.59. The van der Waals surface area contributed by atoms with Crippen LogP contribution in [-0.2, 0) is 10.0 Å². The summed E-state index contributed by atoms with van der Waals surface area (Å²) in [6, 6.07) is 14.2. The zero-order valence-electron chi connectivity index (χ0n) is 13.9. The van der Waals surface area contributed by atoms with Crippen LogP contribution in [0.2, 0.25) is 0 Å². The van der Waals surface area contributed by atoms with Crippen LogP contribution >= 0.6 is 0 Å². The molecular weight excluding hydrogens is 310 g/mol. The van der Waals surface area contributed by atoms with Gasteiger partial charge in [-0.1, -0.05) is 44.2 Å². The molecular formula is C18H23NO3S. The van der Waals surface area contributed by atoms with Gasteiger partial charge in [-0.2, -0.15) is 0 Å². The van der Waals surface area contributed by atoms with Gasteiger partial charge >= 0.3 is 0 Å². The first-order valence-electron chi connectivity index (χ1n) is 7.60. The quantitative estimate of drug-likeness (QED) is 0.873. The molecule has 0 heterocycles. The van der Waals surface area contributed by atoms with Gasteiger partial charge in [0.25, 0.3) is 0 Å². The summed E-state index contributed by atoms with van der Waals surface area (Å²) >= 11 is 0. The van der Waals surface area contributed by atoms with Crippen LogP contribution in [0.25, 0.3) is 0 Å². The monoisotopic (exact) mass is 333 g/mol. The van der Waals surface area contributed by atoms with Crippen LogP contribution in [0.4, 0.5) is 0 Å². The molecule has 1 N–H and O–H groups in total. The molecule has 124 valence electrons. The summed E-state index contributed by atoms with van der Waals surface area (Å²) in [7, 11) is -2.01. The molecule has 0 aromatic heterocycles. The van der Waals surface area contributed by atoms with Crippen molar-refractivity contribution in [1.82, 2.24) is 4.72 Å². The smallest absolute Gasteiger partial charge is 0.241 e. The lowest BCUT2D eigenvalue weighted by Crippen LogP contribution is -2.27. The van der Waals surface area contributed by atoms with Crippen molar-refractivity contribution in [2.45, 2.75) is 37.6 Å². The SMILES string of the molecule is COc1ccc(S(=O)(=O)N[C@H](C)c2ccccc2)cc1C(C)C. The van der Waals surface area contributed by atoms with Crippen LogP contribution in [-0.4, -0.2) is 15.5 Å². The second-order valence-electron chi connectivity index (χ2n) is 5.81. The van der Waals surface area contributed by atoms with Crippen molar-refractivity contribution in [3.8, 4) is 5.75 Å². The molecule has 0 aliphatic rings. The van der Waals surface area contributed by atoms with Crippen molar-refractivity contribution in [2.75, 3.05) is 7.11 Å². The number of ether oxygens (including phenoxy) is 1. The molecule has 0 aliphatic heterocycles. The van der Waals surface area contributed by atoms with Crippen molar-refractivity contribution in [1.29, 1.82) is 0 Å². The fourth-order valence-electron chi connectivity index (χ4n) is 2.44. The number of hydrogen-bond acceptors (Lipinski definition) is 3. The van der Waals surface area contributed by atoms with Gasteiger partial charge in [-0.3, -0.25) is 0 Å². The van der Waals surface area contributed by atoms with Crippen molar-refractivity contribution in [2.24, 2.45) is 0 Å². The lowest BCUT2D eigenvalue weighted by Gasteiger charge is -2.17. The Labute approximate surface area is 138 Å². The van der Waals surface area contributed by atoms with E-state index in [0.717, 1.165) is 11.1 Å². The molecule has 2 rings (SSSR count). The van der Waals surface area contributed by atoms with E-state index in [2.05, 4.69) is 4.72 Å². The maximum atomic E-state index is 12.6. The largest absolute Gasteiger partial charge is 0.496 e. The van der Waals surface area contributed by atoms with Gasteiger partial charge in [-0.25, -0.2) is 13.1 Å². The van der Waals surface area contributed by atoms with Gasteiger partial charge in [-0.05, 0) is 42.2 Å². The minimum absolute atomic E-state index is 0.173. The summed E-state index contributed by atoms with van der Waals surface area (Å²) in [6.07, 6.45) is 0. The Bertz CT molecular complexity index is 755. The zero-order chi connectivity index (χ0) is 17.0. The highest BCUT2D eigenvalue weighted by atomic mass is 32.2. The molecule has 23 heavy (non-hydrogen) atoms.